The Balaban J connectivity index is 2.05. The number of nitrogens with one attached hydrogen (secondary N) is 1. The SMILES string of the molecule is CCc1ccc2c(c1)C(c1ccccn1)NCC2. The van der Waals surface area contributed by atoms with E-state index in [4.69, 9.17) is 0 Å². The summed E-state index contributed by atoms with van der Waals surface area (Å²) in [6.07, 6.45) is 4.07. The van der Waals surface area contributed by atoms with Gasteiger partial charge in [0, 0.05) is 12.7 Å². The van der Waals surface area contributed by atoms with Crippen LogP contribution in [0.5, 0.6) is 0 Å². The maximum absolute atomic E-state index is 4.49. The average molecular weight is 238 g/mol. The van der Waals surface area contributed by atoms with Gasteiger partial charge >= 0.3 is 0 Å². The molecule has 1 N–H and O–H groups in total. The van der Waals surface area contributed by atoms with Gasteiger partial charge in [0.25, 0.3) is 0 Å². The van der Waals surface area contributed by atoms with Gasteiger partial charge in [-0.05, 0) is 41.7 Å². The Kier molecular flexibility index (Phi) is 3.11. The highest BCUT2D eigenvalue weighted by atomic mass is 14.9. The molecule has 2 heteroatoms. The standard InChI is InChI=1S/C16H18N2/c1-2-12-6-7-13-8-10-18-16(14(13)11-12)15-5-3-4-9-17-15/h3-7,9,11,16,18H,2,8,10H2,1H3. The first-order valence-corrected chi connectivity index (χ1v) is 6.64. The molecule has 0 amide bonds. The van der Waals surface area contributed by atoms with Crippen LogP contribution in [0.3, 0.4) is 0 Å². The van der Waals surface area contributed by atoms with Crippen molar-refractivity contribution >= 4 is 0 Å². The highest BCUT2D eigenvalue weighted by molar-refractivity contribution is 5.40. The van der Waals surface area contributed by atoms with Gasteiger partial charge in [0.05, 0.1) is 11.7 Å². The third-order valence-corrected chi connectivity index (χ3v) is 3.66. The van der Waals surface area contributed by atoms with Crippen molar-refractivity contribution in [3.8, 4) is 0 Å². The van der Waals surface area contributed by atoms with Gasteiger partial charge in [-0.3, -0.25) is 4.98 Å². The van der Waals surface area contributed by atoms with Crippen LogP contribution < -0.4 is 5.32 Å². The van der Waals surface area contributed by atoms with Crippen LogP contribution in [0, 0.1) is 0 Å². The Hall–Kier alpha value is -1.67. The van der Waals surface area contributed by atoms with Crippen molar-refractivity contribution in [1.29, 1.82) is 0 Å². The zero-order valence-electron chi connectivity index (χ0n) is 10.7. The van der Waals surface area contributed by atoms with Crippen molar-refractivity contribution < 1.29 is 0 Å². The number of rotatable bonds is 2. The van der Waals surface area contributed by atoms with Gasteiger partial charge in [-0.25, -0.2) is 0 Å². The number of aryl methyl sites for hydroxylation is 1. The first kappa shape index (κ1) is 11.4. The Morgan fingerprint density at radius 2 is 2.22 bits per heavy atom. The molecule has 0 radical (unpaired) electrons. The van der Waals surface area contributed by atoms with Crippen molar-refractivity contribution in [2.75, 3.05) is 6.54 Å². The molecule has 2 aromatic rings. The first-order valence-electron chi connectivity index (χ1n) is 6.64. The third kappa shape index (κ3) is 2.04. The van der Waals surface area contributed by atoms with Crippen LogP contribution in [0.2, 0.25) is 0 Å². The predicted molar refractivity (Wildman–Crippen MR) is 73.6 cm³/mol. The van der Waals surface area contributed by atoms with E-state index in [9.17, 15) is 0 Å². The molecule has 1 aromatic carbocycles. The topological polar surface area (TPSA) is 24.9 Å². The minimum absolute atomic E-state index is 0.251. The molecular weight excluding hydrogens is 220 g/mol. The normalized spacial score (nSPS) is 18.4. The summed E-state index contributed by atoms with van der Waals surface area (Å²) in [7, 11) is 0. The molecule has 2 nitrogen and oxygen atoms in total. The number of fused-ring (bicyclic) bond motifs is 1. The van der Waals surface area contributed by atoms with Gasteiger partial charge < -0.3 is 5.32 Å². The summed E-state index contributed by atoms with van der Waals surface area (Å²) < 4.78 is 0. The number of pyridine rings is 1. The number of hydrogen-bond acceptors (Lipinski definition) is 2. The van der Waals surface area contributed by atoms with E-state index in [0.29, 0.717) is 0 Å². The molecule has 3 rings (SSSR count). The molecule has 0 saturated carbocycles. The molecule has 18 heavy (non-hydrogen) atoms. The predicted octanol–water partition coefficient (Wildman–Crippen LogP) is 2.88. The lowest BCUT2D eigenvalue weighted by molar-refractivity contribution is 0.556. The Morgan fingerprint density at radius 3 is 3.00 bits per heavy atom. The smallest absolute Gasteiger partial charge is 0.0754 e. The van der Waals surface area contributed by atoms with Crippen LogP contribution in [0.15, 0.2) is 42.6 Å². The largest absolute Gasteiger partial charge is 0.305 e. The van der Waals surface area contributed by atoms with Crippen LogP contribution in [0.25, 0.3) is 0 Å². The highest BCUT2D eigenvalue weighted by Crippen LogP contribution is 2.28. The van der Waals surface area contributed by atoms with Gasteiger partial charge in [0.2, 0.25) is 0 Å². The number of nitrogens with zero attached hydrogens (tertiary/aromatic N) is 1. The summed E-state index contributed by atoms with van der Waals surface area (Å²) >= 11 is 0. The number of aromatic nitrogens is 1. The molecule has 1 aromatic heterocycles. The second kappa shape index (κ2) is 4.91. The highest BCUT2D eigenvalue weighted by Gasteiger charge is 2.22. The van der Waals surface area contributed by atoms with Gasteiger partial charge in [-0.2, -0.15) is 0 Å². The van der Waals surface area contributed by atoms with Gasteiger partial charge in [-0.1, -0.05) is 31.2 Å². The van der Waals surface area contributed by atoms with E-state index in [1.807, 2.05) is 12.3 Å². The summed E-state index contributed by atoms with van der Waals surface area (Å²) in [4.78, 5) is 4.49. The molecule has 1 unspecified atom stereocenters. The van der Waals surface area contributed by atoms with Crippen molar-refractivity contribution in [3.63, 3.8) is 0 Å². The van der Waals surface area contributed by atoms with Crippen molar-refractivity contribution in [2.24, 2.45) is 0 Å². The molecule has 0 spiro atoms. The summed E-state index contributed by atoms with van der Waals surface area (Å²) in [5.74, 6) is 0. The molecule has 0 saturated heterocycles. The van der Waals surface area contributed by atoms with E-state index in [1.165, 1.54) is 16.7 Å². The van der Waals surface area contributed by atoms with Crippen LogP contribution >= 0.6 is 0 Å². The van der Waals surface area contributed by atoms with Crippen molar-refractivity contribution in [2.45, 2.75) is 25.8 Å². The lowest BCUT2D eigenvalue weighted by Crippen LogP contribution is -2.31. The maximum atomic E-state index is 4.49. The summed E-state index contributed by atoms with van der Waals surface area (Å²) in [5, 5.41) is 3.58. The van der Waals surface area contributed by atoms with Gasteiger partial charge in [-0.15, -0.1) is 0 Å². The Labute approximate surface area is 108 Å². The molecular formula is C16H18N2. The summed E-state index contributed by atoms with van der Waals surface area (Å²) in [5.41, 5.74) is 5.38. The molecule has 2 heterocycles. The summed E-state index contributed by atoms with van der Waals surface area (Å²) in [6.45, 7) is 3.23. The second-order valence-electron chi connectivity index (χ2n) is 4.78. The van der Waals surface area contributed by atoms with E-state index in [0.717, 1.165) is 25.1 Å². The molecule has 0 aliphatic carbocycles. The molecule has 92 valence electrons. The average Bonchev–Trinajstić information content (AvgIpc) is 2.47. The zero-order valence-corrected chi connectivity index (χ0v) is 10.7. The third-order valence-electron chi connectivity index (χ3n) is 3.66. The van der Waals surface area contributed by atoms with E-state index in [2.05, 4.69) is 47.6 Å². The molecule has 1 aliphatic rings. The molecule has 0 fully saturated rings. The quantitative estimate of drug-likeness (QED) is 0.870. The first-order chi connectivity index (χ1) is 8.88. The van der Waals surface area contributed by atoms with E-state index >= 15 is 0 Å². The minimum atomic E-state index is 0.251. The Morgan fingerprint density at radius 1 is 1.28 bits per heavy atom. The monoisotopic (exact) mass is 238 g/mol. The van der Waals surface area contributed by atoms with Crippen molar-refractivity contribution in [1.82, 2.24) is 10.3 Å². The van der Waals surface area contributed by atoms with Crippen LogP contribution in [0.1, 0.15) is 35.3 Å². The van der Waals surface area contributed by atoms with Gasteiger partial charge in [0.15, 0.2) is 0 Å². The van der Waals surface area contributed by atoms with Crippen molar-refractivity contribution in [3.05, 3.63) is 65.0 Å². The van der Waals surface area contributed by atoms with Crippen LogP contribution in [0.4, 0.5) is 0 Å². The number of benzene rings is 1. The second-order valence-corrected chi connectivity index (χ2v) is 4.78. The fourth-order valence-corrected chi connectivity index (χ4v) is 2.63. The molecule has 1 atom stereocenters. The van der Waals surface area contributed by atoms with E-state index in [-0.39, 0.29) is 6.04 Å². The molecule has 0 bridgehead atoms. The minimum Gasteiger partial charge on any atom is -0.305 e. The Bertz CT molecular complexity index is 534. The van der Waals surface area contributed by atoms with Crippen LogP contribution in [-0.2, 0) is 12.8 Å². The number of hydrogen-bond donors (Lipinski definition) is 1. The van der Waals surface area contributed by atoms with E-state index < -0.39 is 0 Å². The van der Waals surface area contributed by atoms with Gasteiger partial charge in [0.1, 0.15) is 0 Å². The summed E-state index contributed by atoms with van der Waals surface area (Å²) in [6, 6.07) is 13.2. The molecule has 1 aliphatic heterocycles. The fraction of sp³-hybridized carbons (Fsp3) is 0.312. The van der Waals surface area contributed by atoms with E-state index in [1.54, 1.807) is 0 Å². The zero-order chi connectivity index (χ0) is 12.4. The fourth-order valence-electron chi connectivity index (χ4n) is 2.63. The maximum Gasteiger partial charge on any atom is 0.0754 e. The lowest BCUT2D eigenvalue weighted by atomic mass is 9.90. The lowest BCUT2D eigenvalue weighted by Gasteiger charge is -2.27. The van der Waals surface area contributed by atoms with Crippen LogP contribution in [-0.4, -0.2) is 11.5 Å².